The lowest BCUT2D eigenvalue weighted by molar-refractivity contribution is -0.116. The zero-order chi connectivity index (χ0) is 17.8. The van der Waals surface area contributed by atoms with Gasteiger partial charge in [0.05, 0.1) is 0 Å². The number of piperidine rings is 1. The fourth-order valence-electron chi connectivity index (χ4n) is 3.86. The molecule has 2 N–H and O–H groups in total. The van der Waals surface area contributed by atoms with Crippen LogP contribution in [0.25, 0.3) is 0 Å². The average Bonchev–Trinajstić information content (AvgIpc) is 3.09. The first-order valence-electron chi connectivity index (χ1n) is 9.49. The topological polar surface area (TPSA) is 61.4 Å². The SMILES string of the molecule is Cc1cc(C(=O)N2CCCCC2C)ccc1NC(=O)CC1CCCN1.Cl. The molecule has 0 radical (unpaired) electrons. The number of carbonyl (C=O) groups is 2. The maximum absolute atomic E-state index is 12.8. The van der Waals surface area contributed by atoms with Crippen LogP contribution < -0.4 is 10.6 Å². The maximum atomic E-state index is 12.8. The molecule has 2 amide bonds. The number of hydrogen-bond donors (Lipinski definition) is 2. The van der Waals surface area contributed by atoms with Gasteiger partial charge in [0, 0.05) is 36.3 Å². The Labute approximate surface area is 162 Å². The second-order valence-corrected chi connectivity index (χ2v) is 7.42. The molecule has 144 valence electrons. The Morgan fingerprint density at radius 3 is 2.69 bits per heavy atom. The molecular formula is C20H30ClN3O2. The van der Waals surface area contributed by atoms with E-state index in [1.807, 2.05) is 30.0 Å². The fraction of sp³-hybridized carbons (Fsp3) is 0.600. The van der Waals surface area contributed by atoms with Crippen LogP contribution in [0.4, 0.5) is 5.69 Å². The third-order valence-electron chi connectivity index (χ3n) is 5.41. The molecule has 2 saturated heterocycles. The zero-order valence-electron chi connectivity index (χ0n) is 15.7. The predicted molar refractivity (Wildman–Crippen MR) is 107 cm³/mol. The summed E-state index contributed by atoms with van der Waals surface area (Å²) in [5.41, 5.74) is 2.44. The Balaban J connectivity index is 0.00000243. The van der Waals surface area contributed by atoms with Gasteiger partial charge in [-0.05, 0) is 76.3 Å². The Kier molecular flexibility index (Phi) is 7.47. The summed E-state index contributed by atoms with van der Waals surface area (Å²) < 4.78 is 0. The number of rotatable bonds is 4. The van der Waals surface area contributed by atoms with Crippen molar-refractivity contribution in [1.82, 2.24) is 10.2 Å². The van der Waals surface area contributed by atoms with Crippen molar-refractivity contribution in [3.63, 3.8) is 0 Å². The van der Waals surface area contributed by atoms with E-state index in [1.165, 1.54) is 6.42 Å². The van der Waals surface area contributed by atoms with Gasteiger partial charge < -0.3 is 15.5 Å². The number of amides is 2. The summed E-state index contributed by atoms with van der Waals surface area (Å²) in [7, 11) is 0. The van der Waals surface area contributed by atoms with E-state index in [4.69, 9.17) is 0 Å². The van der Waals surface area contributed by atoms with Crippen LogP contribution in [-0.4, -0.2) is 41.9 Å². The van der Waals surface area contributed by atoms with Crippen molar-refractivity contribution in [2.24, 2.45) is 0 Å². The molecule has 0 bridgehead atoms. The predicted octanol–water partition coefficient (Wildman–Crippen LogP) is 3.51. The van der Waals surface area contributed by atoms with E-state index in [0.717, 1.165) is 50.0 Å². The van der Waals surface area contributed by atoms with Crippen LogP contribution in [0.1, 0.15) is 61.4 Å². The van der Waals surface area contributed by atoms with Gasteiger partial charge in [-0.25, -0.2) is 0 Å². The van der Waals surface area contributed by atoms with Gasteiger partial charge in [0.2, 0.25) is 5.91 Å². The van der Waals surface area contributed by atoms with Gasteiger partial charge in [-0.15, -0.1) is 12.4 Å². The van der Waals surface area contributed by atoms with E-state index in [2.05, 4.69) is 17.6 Å². The molecule has 0 aromatic heterocycles. The molecule has 5 nitrogen and oxygen atoms in total. The minimum atomic E-state index is 0. The number of nitrogens with zero attached hydrogens (tertiary/aromatic N) is 1. The zero-order valence-corrected chi connectivity index (χ0v) is 16.5. The van der Waals surface area contributed by atoms with Crippen LogP contribution in [0.5, 0.6) is 0 Å². The van der Waals surface area contributed by atoms with Crippen molar-refractivity contribution < 1.29 is 9.59 Å². The van der Waals surface area contributed by atoms with Gasteiger partial charge in [-0.1, -0.05) is 0 Å². The Hall–Kier alpha value is -1.59. The van der Waals surface area contributed by atoms with Crippen LogP contribution in [0.15, 0.2) is 18.2 Å². The molecule has 26 heavy (non-hydrogen) atoms. The highest BCUT2D eigenvalue weighted by Gasteiger charge is 2.24. The number of likely N-dealkylation sites (tertiary alicyclic amines) is 1. The normalized spacial score (nSPS) is 22.6. The highest BCUT2D eigenvalue weighted by Crippen LogP contribution is 2.22. The molecular weight excluding hydrogens is 350 g/mol. The summed E-state index contributed by atoms with van der Waals surface area (Å²) in [5.74, 6) is 0.134. The standard InChI is InChI=1S/C20H29N3O2.ClH/c1-14-12-16(20(25)23-11-4-3-6-15(23)2)8-9-18(14)22-19(24)13-17-7-5-10-21-17;/h8-9,12,15,17,21H,3-7,10-11,13H2,1-2H3,(H,22,24);1H. The van der Waals surface area contributed by atoms with E-state index in [0.29, 0.717) is 24.1 Å². The Bertz CT molecular complexity index is 644. The van der Waals surface area contributed by atoms with Crippen LogP contribution >= 0.6 is 12.4 Å². The van der Waals surface area contributed by atoms with E-state index >= 15 is 0 Å². The van der Waals surface area contributed by atoms with E-state index in [9.17, 15) is 9.59 Å². The van der Waals surface area contributed by atoms with Gasteiger partial charge >= 0.3 is 0 Å². The summed E-state index contributed by atoms with van der Waals surface area (Å²) in [4.78, 5) is 26.9. The van der Waals surface area contributed by atoms with Gasteiger partial charge in [-0.3, -0.25) is 9.59 Å². The highest BCUT2D eigenvalue weighted by atomic mass is 35.5. The Morgan fingerprint density at radius 2 is 2.04 bits per heavy atom. The van der Waals surface area contributed by atoms with Crippen molar-refractivity contribution in [2.45, 2.75) is 64.5 Å². The third-order valence-corrected chi connectivity index (χ3v) is 5.41. The number of aryl methyl sites for hydroxylation is 1. The summed E-state index contributed by atoms with van der Waals surface area (Å²) >= 11 is 0. The van der Waals surface area contributed by atoms with Crippen molar-refractivity contribution in [3.05, 3.63) is 29.3 Å². The molecule has 6 heteroatoms. The van der Waals surface area contributed by atoms with Crippen LogP contribution in [0, 0.1) is 6.92 Å². The summed E-state index contributed by atoms with van der Waals surface area (Å²) in [6, 6.07) is 6.19. The van der Waals surface area contributed by atoms with Crippen LogP contribution in [-0.2, 0) is 4.79 Å². The lowest BCUT2D eigenvalue weighted by Crippen LogP contribution is -2.42. The van der Waals surface area contributed by atoms with Gasteiger partial charge in [-0.2, -0.15) is 0 Å². The quantitative estimate of drug-likeness (QED) is 0.841. The van der Waals surface area contributed by atoms with Crippen molar-refractivity contribution in [1.29, 1.82) is 0 Å². The molecule has 0 spiro atoms. The van der Waals surface area contributed by atoms with Crippen molar-refractivity contribution in [2.75, 3.05) is 18.4 Å². The monoisotopic (exact) mass is 379 g/mol. The average molecular weight is 380 g/mol. The lowest BCUT2D eigenvalue weighted by Gasteiger charge is -2.33. The van der Waals surface area contributed by atoms with E-state index < -0.39 is 0 Å². The second kappa shape index (κ2) is 9.38. The van der Waals surface area contributed by atoms with Crippen LogP contribution in [0.2, 0.25) is 0 Å². The number of anilines is 1. The smallest absolute Gasteiger partial charge is 0.254 e. The lowest BCUT2D eigenvalue weighted by atomic mass is 10.0. The minimum Gasteiger partial charge on any atom is -0.336 e. The number of halogens is 1. The van der Waals surface area contributed by atoms with Crippen LogP contribution in [0.3, 0.4) is 0 Å². The minimum absolute atomic E-state index is 0. The second-order valence-electron chi connectivity index (χ2n) is 7.42. The summed E-state index contributed by atoms with van der Waals surface area (Å²) in [6.07, 6.45) is 6.07. The molecule has 2 fully saturated rings. The number of carbonyl (C=O) groups excluding carboxylic acids is 2. The molecule has 2 aliphatic heterocycles. The summed E-state index contributed by atoms with van der Waals surface area (Å²) in [5, 5.41) is 6.33. The number of benzene rings is 1. The first kappa shape index (κ1) is 20.7. The molecule has 1 aromatic carbocycles. The molecule has 3 rings (SSSR count). The van der Waals surface area contributed by atoms with E-state index in [1.54, 1.807) is 0 Å². The molecule has 2 heterocycles. The van der Waals surface area contributed by atoms with Gasteiger partial charge in [0.25, 0.3) is 5.91 Å². The maximum Gasteiger partial charge on any atom is 0.254 e. The Morgan fingerprint density at radius 1 is 1.23 bits per heavy atom. The van der Waals surface area contributed by atoms with E-state index in [-0.39, 0.29) is 24.2 Å². The molecule has 2 aliphatic rings. The first-order chi connectivity index (χ1) is 12.0. The van der Waals surface area contributed by atoms with Crippen molar-refractivity contribution in [3.8, 4) is 0 Å². The largest absolute Gasteiger partial charge is 0.336 e. The molecule has 2 atom stereocenters. The molecule has 1 aromatic rings. The number of hydrogen-bond acceptors (Lipinski definition) is 3. The molecule has 2 unspecified atom stereocenters. The molecule has 0 saturated carbocycles. The highest BCUT2D eigenvalue weighted by molar-refractivity contribution is 5.97. The van der Waals surface area contributed by atoms with Crippen molar-refractivity contribution >= 4 is 29.9 Å². The third kappa shape index (κ3) is 4.98. The first-order valence-corrected chi connectivity index (χ1v) is 9.49. The van der Waals surface area contributed by atoms with Gasteiger partial charge in [0.1, 0.15) is 0 Å². The van der Waals surface area contributed by atoms with Gasteiger partial charge in [0.15, 0.2) is 0 Å². The fourth-order valence-corrected chi connectivity index (χ4v) is 3.86. The number of nitrogens with one attached hydrogen (secondary N) is 2. The summed E-state index contributed by atoms with van der Waals surface area (Å²) in [6.45, 7) is 5.91. The molecule has 0 aliphatic carbocycles.